The third-order valence-electron chi connectivity index (χ3n) is 3.13. The Bertz CT molecular complexity index is 407. The van der Waals surface area contributed by atoms with Gasteiger partial charge in [-0.15, -0.1) is 12.4 Å². The van der Waals surface area contributed by atoms with Crippen molar-refractivity contribution in [3.8, 4) is 0 Å². The summed E-state index contributed by atoms with van der Waals surface area (Å²) in [5, 5.41) is 2.79. The highest BCUT2D eigenvalue weighted by Gasteiger charge is 2.09. The lowest BCUT2D eigenvalue weighted by atomic mass is 9.99. The quantitative estimate of drug-likeness (QED) is 0.725. The average molecular weight is 315 g/mol. The second-order valence-electron chi connectivity index (χ2n) is 5.28. The van der Waals surface area contributed by atoms with Crippen molar-refractivity contribution < 1.29 is 9.53 Å². The SMILES string of the molecule is CCCOCC(=O)NCC(N)c1ccc(C(C)C)cc1.Cl. The van der Waals surface area contributed by atoms with Crippen LogP contribution in [0.3, 0.4) is 0 Å². The zero-order valence-electron chi connectivity index (χ0n) is 13.1. The molecule has 1 aromatic carbocycles. The molecule has 21 heavy (non-hydrogen) atoms. The minimum absolute atomic E-state index is 0. The van der Waals surface area contributed by atoms with E-state index in [1.165, 1.54) is 5.56 Å². The van der Waals surface area contributed by atoms with Gasteiger partial charge in [0.15, 0.2) is 0 Å². The fourth-order valence-corrected chi connectivity index (χ4v) is 1.83. The summed E-state index contributed by atoms with van der Waals surface area (Å²) in [5.41, 5.74) is 8.39. The van der Waals surface area contributed by atoms with Crippen molar-refractivity contribution in [3.05, 3.63) is 35.4 Å². The van der Waals surface area contributed by atoms with Crippen LogP contribution in [0.4, 0.5) is 0 Å². The Balaban J connectivity index is 0.00000400. The van der Waals surface area contributed by atoms with E-state index in [0.717, 1.165) is 12.0 Å². The summed E-state index contributed by atoms with van der Waals surface area (Å²) in [7, 11) is 0. The maximum absolute atomic E-state index is 11.5. The minimum Gasteiger partial charge on any atom is -0.372 e. The third-order valence-corrected chi connectivity index (χ3v) is 3.13. The Hall–Kier alpha value is -1.10. The largest absolute Gasteiger partial charge is 0.372 e. The molecule has 1 aromatic rings. The minimum atomic E-state index is -0.189. The molecule has 0 aromatic heterocycles. The standard InChI is InChI=1S/C16H26N2O2.ClH/c1-4-9-20-11-16(19)18-10-15(17)14-7-5-13(6-8-14)12(2)3;/h5-8,12,15H,4,9-11,17H2,1-3H3,(H,18,19);1H. The molecule has 0 saturated carbocycles. The number of benzene rings is 1. The molecule has 1 atom stereocenters. The lowest BCUT2D eigenvalue weighted by Gasteiger charge is -2.14. The van der Waals surface area contributed by atoms with E-state index in [0.29, 0.717) is 19.1 Å². The molecule has 0 aliphatic heterocycles. The molecule has 0 radical (unpaired) electrons. The van der Waals surface area contributed by atoms with Gasteiger partial charge in [0.05, 0.1) is 0 Å². The normalized spacial score (nSPS) is 11.9. The van der Waals surface area contributed by atoms with Gasteiger partial charge in [-0.1, -0.05) is 45.0 Å². The van der Waals surface area contributed by atoms with Crippen LogP contribution >= 0.6 is 12.4 Å². The molecule has 5 heteroatoms. The van der Waals surface area contributed by atoms with Crippen LogP contribution in [0.1, 0.15) is 50.3 Å². The second kappa shape index (κ2) is 10.6. The molecule has 1 amide bonds. The van der Waals surface area contributed by atoms with Crippen LogP contribution in [0.5, 0.6) is 0 Å². The fourth-order valence-electron chi connectivity index (χ4n) is 1.83. The zero-order chi connectivity index (χ0) is 15.0. The fraction of sp³-hybridized carbons (Fsp3) is 0.562. The molecule has 0 bridgehead atoms. The summed E-state index contributed by atoms with van der Waals surface area (Å²) in [6, 6.07) is 8.05. The van der Waals surface area contributed by atoms with Crippen LogP contribution in [0.15, 0.2) is 24.3 Å². The first-order valence-corrected chi connectivity index (χ1v) is 7.24. The Morgan fingerprint density at radius 3 is 2.33 bits per heavy atom. The van der Waals surface area contributed by atoms with Gasteiger partial charge < -0.3 is 15.8 Å². The first-order chi connectivity index (χ1) is 9.54. The molecule has 1 unspecified atom stereocenters. The van der Waals surface area contributed by atoms with Crippen molar-refractivity contribution in [2.45, 2.75) is 39.2 Å². The molecular formula is C16H27ClN2O2. The predicted octanol–water partition coefficient (Wildman–Crippen LogP) is 2.77. The Kier molecular flexibility index (Phi) is 10.0. The van der Waals surface area contributed by atoms with Crippen LogP contribution in [-0.4, -0.2) is 25.7 Å². The van der Waals surface area contributed by atoms with Crippen molar-refractivity contribution in [2.75, 3.05) is 19.8 Å². The number of carbonyl (C=O) groups is 1. The van der Waals surface area contributed by atoms with Crippen LogP contribution in [0.25, 0.3) is 0 Å². The second-order valence-corrected chi connectivity index (χ2v) is 5.28. The highest BCUT2D eigenvalue weighted by Crippen LogP contribution is 2.17. The molecule has 1 rings (SSSR count). The van der Waals surface area contributed by atoms with Crippen LogP contribution in [0.2, 0.25) is 0 Å². The summed E-state index contributed by atoms with van der Waals surface area (Å²) in [6.45, 7) is 7.46. The van der Waals surface area contributed by atoms with Gasteiger partial charge in [-0.05, 0) is 23.5 Å². The Labute approximate surface area is 133 Å². The lowest BCUT2D eigenvalue weighted by molar-refractivity contribution is -0.125. The van der Waals surface area contributed by atoms with Crippen molar-refractivity contribution in [3.63, 3.8) is 0 Å². The highest BCUT2D eigenvalue weighted by atomic mass is 35.5. The molecule has 0 spiro atoms. The molecule has 0 heterocycles. The molecule has 3 N–H and O–H groups in total. The molecular weight excluding hydrogens is 288 g/mol. The zero-order valence-corrected chi connectivity index (χ0v) is 13.9. The van der Waals surface area contributed by atoms with Crippen molar-refractivity contribution in [1.29, 1.82) is 0 Å². The number of hydrogen-bond donors (Lipinski definition) is 2. The first-order valence-electron chi connectivity index (χ1n) is 7.24. The van der Waals surface area contributed by atoms with E-state index in [1.54, 1.807) is 0 Å². The summed E-state index contributed by atoms with van der Waals surface area (Å²) >= 11 is 0. The first kappa shape index (κ1) is 19.9. The Morgan fingerprint density at radius 1 is 1.24 bits per heavy atom. The monoisotopic (exact) mass is 314 g/mol. The van der Waals surface area contributed by atoms with Crippen LogP contribution < -0.4 is 11.1 Å². The van der Waals surface area contributed by atoms with E-state index in [-0.39, 0.29) is 31.0 Å². The number of amides is 1. The summed E-state index contributed by atoms with van der Waals surface area (Å²) in [5.74, 6) is 0.392. The number of nitrogens with two attached hydrogens (primary N) is 1. The van der Waals surface area contributed by atoms with Gasteiger partial charge in [-0.2, -0.15) is 0 Å². The molecule has 0 aliphatic carbocycles. The van der Waals surface area contributed by atoms with Crippen LogP contribution in [-0.2, 0) is 9.53 Å². The number of nitrogens with one attached hydrogen (secondary N) is 1. The van der Waals surface area contributed by atoms with Gasteiger partial charge in [0.25, 0.3) is 0 Å². The number of halogens is 1. The van der Waals surface area contributed by atoms with E-state index in [2.05, 4.69) is 31.3 Å². The van der Waals surface area contributed by atoms with Gasteiger partial charge in [-0.25, -0.2) is 0 Å². The maximum Gasteiger partial charge on any atom is 0.246 e. The van der Waals surface area contributed by atoms with Gasteiger partial charge in [0, 0.05) is 19.2 Å². The topological polar surface area (TPSA) is 64.3 Å². The van der Waals surface area contributed by atoms with Crippen molar-refractivity contribution >= 4 is 18.3 Å². The van der Waals surface area contributed by atoms with Gasteiger partial charge in [0.2, 0.25) is 5.91 Å². The van der Waals surface area contributed by atoms with Gasteiger partial charge >= 0.3 is 0 Å². The number of hydrogen-bond acceptors (Lipinski definition) is 3. The highest BCUT2D eigenvalue weighted by molar-refractivity contribution is 5.85. The smallest absolute Gasteiger partial charge is 0.246 e. The molecule has 0 fully saturated rings. The predicted molar refractivity (Wildman–Crippen MR) is 88.8 cm³/mol. The van der Waals surface area contributed by atoms with E-state index in [1.807, 2.05) is 19.1 Å². The van der Waals surface area contributed by atoms with Gasteiger partial charge in [0.1, 0.15) is 6.61 Å². The van der Waals surface area contributed by atoms with Crippen LogP contribution in [0, 0.1) is 0 Å². The van der Waals surface area contributed by atoms with E-state index >= 15 is 0 Å². The molecule has 4 nitrogen and oxygen atoms in total. The average Bonchev–Trinajstić information content (AvgIpc) is 2.45. The van der Waals surface area contributed by atoms with Crippen molar-refractivity contribution in [1.82, 2.24) is 5.32 Å². The van der Waals surface area contributed by atoms with E-state index < -0.39 is 0 Å². The number of rotatable bonds is 8. The summed E-state index contributed by atoms with van der Waals surface area (Å²) in [4.78, 5) is 11.5. The summed E-state index contributed by atoms with van der Waals surface area (Å²) < 4.78 is 5.17. The van der Waals surface area contributed by atoms with Crippen molar-refractivity contribution in [2.24, 2.45) is 5.73 Å². The Morgan fingerprint density at radius 2 is 1.81 bits per heavy atom. The molecule has 0 saturated heterocycles. The molecule has 120 valence electrons. The third kappa shape index (κ3) is 7.46. The summed E-state index contributed by atoms with van der Waals surface area (Å²) in [6.07, 6.45) is 0.912. The number of ether oxygens (including phenoxy) is 1. The number of carbonyl (C=O) groups excluding carboxylic acids is 1. The lowest BCUT2D eigenvalue weighted by Crippen LogP contribution is -2.34. The van der Waals surface area contributed by atoms with E-state index in [9.17, 15) is 4.79 Å². The molecule has 0 aliphatic rings. The van der Waals surface area contributed by atoms with E-state index in [4.69, 9.17) is 10.5 Å². The van der Waals surface area contributed by atoms with Gasteiger partial charge in [-0.3, -0.25) is 4.79 Å². The maximum atomic E-state index is 11.5.